The van der Waals surface area contributed by atoms with Gasteiger partial charge in [0.05, 0.1) is 18.2 Å². The van der Waals surface area contributed by atoms with E-state index in [1.807, 2.05) is 57.2 Å². The van der Waals surface area contributed by atoms with Gasteiger partial charge in [0, 0.05) is 11.6 Å². The van der Waals surface area contributed by atoms with Gasteiger partial charge in [-0.05, 0) is 38.0 Å². The SMILES string of the molecule is CCC(Oc1ccc(C)cc1C)C(=O)n1cc(C(=O)OC)c2ccccc21. The van der Waals surface area contributed by atoms with Crippen LogP contribution in [0.15, 0.2) is 48.7 Å². The second-order valence-corrected chi connectivity index (χ2v) is 6.54. The summed E-state index contributed by atoms with van der Waals surface area (Å²) >= 11 is 0. The maximum absolute atomic E-state index is 13.2. The third kappa shape index (κ3) is 3.58. The van der Waals surface area contributed by atoms with E-state index in [0.29, 0.717) is 28.6 Å². The summed E-state index contributed by atoms with van der Waals surface area (Å²) in [6.45, 7) is 5.87. The number of methoxy groups -OCH3 is 1. The van der Waals surface area contributed by atoms with Crippen molar-refractivity contribution in [3.8, 4) is 5.75 Å². The van der Waals surface area contributed by atoms with Crippen LogP contribution in [0, 0.1) is 13.8 Å². The van der Waals surface area contributed by atoms with E-state index in [9.17, 15) is 9.59 Å². The van der Waals surface area contributed by atoms with Crippen molar-refractivity contribution < 1.29 is 19.1 Å². The van der Waals surface area contributed by atoms with E-state index >= 15 is 0 Å². The van der Waals surface area contributed by atoms with Crippen LogP contribution in [0.1, 0.15) is 39.6 Å². The number of aromatic nitrogens is 1. The first-order chi connectivity index (χ1) is 13.0. The van der Waals surface area contributed by atoms with Crippen molar-refractivity contribution >= 4 is 22.8 Å². The fourth-order valence-corrected chi connectivity index (χ4v) is 3.18. The minimum Gasteiger partial charge on any atom is -0.480 e. The van der Waals surface area contributed by atoms with Crippen LogP contribution in [0.25, 0.3) is 10.9 Å². The third-order valence-corrected chi connectivity index (χ3v) is 4.60. The van der Waals surface area contributed by atoms with Crippen LogP contribution >= 0.6 is 0 Å². The van der Waals surface area contributed by atoms with E-state index in [1.54, 1.807) is 6.07 Å². The van der Waals surface area contributed by atoms with Crippen LogP contribution in [0.4, 0.5) is 0 Å². The van der Waals surface area contributed by atoms with E-state index in [1.165, 1.54) is 17.9 Å². The molecule has 0 aliphatic carbocycles. The summed E-state index contributed by atoms with van der Waals surface area (Å²) in [7, 11) is 1.33. The molecule has 1 heterocycles. The van der Waals surface area contributed by atoms with E-state index in [0.717, 1.165) is 11.1 Å². The van der Waals surface area contributed by atoms with E-state index < -0.39 is 12.1 Å². The molecular weight excluding hydrogens is 342 g/mol. The Morgan fingerprint density at radius 3 is 2.52 bits per heavy atom. The zero-order valence-electron chi connectivity index (χ0n) is 16.0. The van der Waals surface area contributed by atoms with Crippen LogP contribution in [-0.4, -0.2) is 29.7 Å². The lowest BCUT2D eigenvalue weighted by Crippen LogP contribution is -2.31. The standard InChI is InChI=1S/C22H23NO4/c1-5-19(27-20-11-10-14(2)12-15(20)3)21(24)23-13-17(22(25)26-4)16-8-6-7-9-18(16)23/h6-13,19H,5H2,1-4H3. The Labute approximate surface area is 158 Å². The Morgan fingerprint density at radius 2 is 1.85 bits per heavy atom. The number of nitrogens with zero attached hydrogens (tertiary/aromatic N) is 1. The molecule has 0 N–H and O–H groups in total. The highest BCUT2D eigenvalue weighted by Gasteiger charge is 2.25. The van der Waals surface area contributed by atoms with Gasteiger partial charge in [0.1, 0.15) is 5.75 Å². The average Bonchev–Trinajstić information content (AvgIpc) is 3.06. The summed E-state index contributed by atoms with van der Waals surface area (Å²) in [5.74, 6) is -0.00428. The minimum atomic E-state index is -0.660. The second kappa shape index (κ2) is 7.66. The molecule has 0 bridgehead atoms. The first kappa shape index (κ1) is 18.7. The fraction of sp³-hybridized carbons (Fsp3) is 0.273. The molecule has 0 saturated heterocycles. The minimum absolute atomic E-state index is 0.219. The average molecular weight is 365 g/mol. The van der Waals surface area contributed by atoms with Crippen molar-refractivity contribution in [1.82, 2.24) is 4.57 Å². The van der Waals surface area contributed by atoms with Crippen molar-refractivity contribution in [3.05, 3.63) is 65.4 Å². The molecule has 1 unspecified atom stereocenters. The van der Waals surface area contributed by atoms with Gasteiger partial charge in [-0.2, -0.15) is 0 Å². The lowest BCUT2D eigenvalue weighted by molar-refractivity contribution is 0.0602. The van der Waals surface area contributed by atoms with Gasteiger partial charge in [-0.25, -0.2) is 4.79 Å². The van der Waals surface area contributed by atoms with Gasteiger partial charge >= 0.3 is 5.97 Å². The maximum atomic E-state index is 13.2. The Morgan fingerprint density at radius 1 is 1.11 bits per heavy atom. The molecule has 5 nitrogen and oxygen atoms in total. The van der Waals surface area contributed by atoms with Crippen LogP contribution in [0.5, 0.6) is 5.75 Å². The predicted octanol–water partition coefficient (Wildman–Crippen LogP) is 4.54. The van der Waals surface area contributed by atoms with Crippen molar-refractivity contribution in [3.63, 3.8) is 0 Å². The number of para-hydroxylation sites is 1. The molecule has 0 aliphatic heterocycles. The monoisotopic (exact) mass is 365 g/mol. The van der Waals surface area contributed by atoms with Crippen molar-refractivity contribution in [1.29, 1.82) is 0 Å². The van der Waals surface area contributed by atoms with Gasteiger partial charge in [-0.15, -0.1) is 0 Å². The molecule has 0 saturated carbocycles. The van der Waals surface area contributed by atoms with Gasteiger partial charge in [0.15, 0.2) is 6.10 Å². The first-order valence-corrected chi connectivity index (χ1v) is 8.92. The predicted molar refractivity (Wildman–Crippen MR) is 105 cm³/mol. The third-order valence-electron chi connectivity index (χ3n) is 4.60. The second-order valence-electron chi connectivity index (χ2n) is 6.54. The number of ether oxygens (including phenoxy) is 2. The topological polar surface area (TPSA) is 57.5 Å². The first-order valence-electron chi connectivity index (χ1n) is 8.92. The van der Waals surface area contributed by atoms with Crippen LogP contribution in [0.3, 0.4) is 0 Å². The lowest BCUT2D eigenvalue weighted by atomic mass is 10.1. The van der Waals surface area contributed by atoms with Crippen LogP contribution in [-0.2, 0) is 4.74 Å². The molecule has 0 fully saturated rings. The molecule has 27 heavy (non-hydrogen) atoms. The molecule has 0 radical (unpaired) electrons. The molecule has 5 heteroatoms. The molecule has 3 aromatic rings. The summed E-state index contributed by atoms with van der Waals surface area (Å²) in [6.07, 6.45) is 1.38. The summed E-state index contributed by atoms with van der Waals surface area (Å²) in [6, 6.07) is 13.1. The molecular formula is C22H23NO4. The van der Waals surface area contributed by atoms with Crippen LogP contribution in [0.2, 0.25) is 0 Å². The molecule has 1 atom stereocenters. The number of hydrogen-bond donors (Lipinski definition) is 0. The number of carbonyl (C=O) groups is 2. The molecule has 1 aromatic heterocycles. The maximum Gasteiger partial charge on any atom is 0.340 e. The van der Waals surface area contributed by atoms with E-state index in [2.05, 4.69) is 0 Å². The molecule has 140 valence electrons. The number of esters is 1. The molecule has 3 rings (SSSR count). The number of rotatable bonds is 5. The normalized spacial score (nSPS) is 12.0. The zero-order chi connectivity index (χ0) is 19.6. The highest BCUT2D eigenvalue weighted by Crippen LogP contribution is 2.25. The Bertz CT molecular complexity index is 1000. The van der Waals surface area contributed by atoms with Gasteiger partial charge in [0.25, 0.3) is 5.91 Å². The van der Waals surface area contributed by atoms with Crippen molar-refractivity contribution in [2.75, 3.05) is 7.11 Å². The quantitative estimate of drug-likeness (QED) is 0.623. The molecule has 0 aliphatic rings. The Kier molecular flexibility index (Phi) is 5.31. The Balaban J connectivity index is 1.99. The van der Waals surface area contributed by atoms with Gasteiger partial charge in [-0.1, -0.05) is 42.8 Å². The molecule has 0 amide bonds. The Hall–Kier alpha value is -3.08. The zero-order valence-corrected chi connectivity index (χ0v) is 16.0. The summed E-state index contributed by atoms with van der Waals surface area (Å²) in [4.78, 5) is 25.3. The largest absolute Gasteiger partial charge is 0.480 e. The van der Waals surface area contributed by atoms with Gasteiger partial charge in [0.2, 0.25) is 0 Å². The number of carbonyl (C=O) groups excluding carboxylic acids is 2. The molecule has 2 aromatic carbocycles. The van der Waals surface area contributed by atoms with Gasteiger partial charge in [-0.3, -0.25) is 9.36 Å². The van der Waals surface area contributed by atoms with Crippen LogP contribution < -0.4 is 4.74 Å². The number of hydrogen-bond acceptors (Lipinski definition) is 4. The lowest BCUT2D eigenvalue weighted by Gasteiger charge is -2.19. The fourth-order valence-electron chi connectivity index (χ4n) is 3.18. The molecule has 0 spiro atoms. The smallest absolute Gasteiger partial charge is 0.340 e. The van der Waals surface area contributed by atoms with E-state index in [-0.39, 0.29) is 5.91 Å². The summed E-state index contributed by atoms with van der Waals surface area (Å²) in [5.41, 5.74) is 3.14. The van der Waals surface area contributed by atoms with Crippen molar-refractivity contribution in [2.24, 2.45) is 0 Å². The van der Waals surface area contributed by atoms with Gasteiger partial charge < -0.3 is 9.47 Å². The van der Waals surface area contributed by atoms with Crippen molar-refractivity contribution in [2.45, 2.75) is 33.3 Å². The highest BCUT2D eigenvalue weighted by molar-refractivity contribution is 6.07. The summed E-state index contributed by atoms with van der Waals surface area (Å²) in [5, 5.41) is 0.680. The van der Waals surface area contributed by atoms with E-state index in [4.69, 9.17) is 9.47 Å². The number of aryl methyl sites for hydroxylation is 2. The number of benzene rings is 2. The summed E-state index contributed by atoms with van der Waals surface area (Å²) < 4.78 is 12.4. The highest BCUT2D eigenvalue weighted by atomic mass is 16.5. The number of fused-ring (bicyclic) bond motifs is 1.